The number of rotatable bonds is 7. The topological polar surface area (TPSA) is 65.2 Å². The van der Waals surface area contributed by atoms with Gasteiger partial charge in [0.05, 0.1) is 6.42 Å². The highest BCUT2D eigenvalue weighted by Gasteiger charge is 2.25. The van der Waals surface area contributed by atoms with E-state index in [4.69, 9.17) is 9.26 Å². The third-order valence-corrected chi connectivity index (χ3v) is 2.84. The standard InChI is InChI=1S/C14H24N2O3/c1-6-8-10(18-7-2)13-15-12(19-16-13)9-11(17)14(3,4)5/h10H,6-9H2,1-5H3. The fourth-order valence-electron chi connectivity index (χ4n) is 1.62. The quantitative estimate of drug-likeness (QED) is 0.760. The zero-order valence-electron chi connectivity index (χ0n) is 12.5. The molecule has 0 bridgehead atoms. The average Bonchev–Trinajstić information content (AvgIpc) is 2.76. The highest BCUT2D eigenvalue weighted by molar-refractivity contribution is 5.84. The van der Waals surface area contributed by atoms with E-state index in [1.165, 1.54) is 0 Å². The number of carbonyl (C=O) groups excluding carboxylic acids is 1. The molecule has 0 aromatic carbocycles. The Morgan fingerprint density at radius 3 is 2.58 bits per heavy atom. The molecule has 0 radical (unpaired) electrons. The Bertz CT molecular complexity index is 401. The van der Waals surface area contributed by atoms with Crippen molar-refractivity contribution < 1.29 is 14.1 Å². The van der Waals surface area contributed by atoms with Crippen molar-refractivity contribution in [3.8, 4) is 0 Å². The van der Waals surface area contributed by atoms with Gasteiger partial charge in [-0.1, -0.05) is 39.3 Å². The van der Waals surface area contributed by atoms with Gasteiger partial charge in [-0.15, -0.1) is 0 Å². The highest BCUT2D eigenvalue weighted by atomic mass is 16.5. The average molecular weight is 268 g/mol. The van der Waals surface area contributed by atoms with E-state index in [0.29, 0.717) is 18.3 Å². The number of hydrogen-bond donors (Lipinski definition) is 0. The van der Waals surface area contributed by atoms with Gasteiger partial charge in [0.15, 0.2) is 0 Å². The van der Waals surface area contributed by atoms with Crippen LogP contribution in [0.25, 0.3) is 0 Å². The maximum Gasteiger partial charge on any atom is 0.234 e. The molecule has 0 aliphatic heterocycles. The molecular formula is C14H24N2O3. The van der Waals surface area contributed by atoms with Gasteiger partial charge >= 0.3 is 0 Å². The van der Waals surface area contributed by atoms with E-state index in [0.717, 1.165) is 12.8 Å². The number of Topliss-reactive ketones (excluding diaryl/α,β-unsaturated/α-hetero) is 1. The van der Waals surface area contributed by atoms with E-state index in [-0.39, 0.29) is 18.3 Å². The lowest BCUT2D eigenvalue weighted by Crippen LogP contribution is -2.22. The molecule has 19 heavy (non-hydrogen) atoms. The molecule has 1 unspecified atom stereocenters. The van der Waals surface area contributed by atoms with Gasteiger partial charge in [-0.05, 0) is 13.3 Å². The van der Waals surface area contributed by atoms with Crippen LogP contribution in [0, 0.1) is 5.41 Å². The molecule has 5 heteroatoms. The summed E-state index contributed by atoms with van der Waals surface area (Å²) in [5.41, 5.74) is -0.391. The van der Waals surface area contributed by atoms with E-state index >= 15 is 0 Å². The zero-order chi connectivity index (χ0) is 14.5. The van der Waals surface area contributed by atoms with Crippen LogP contribution in [0.3, 0.4) is 0 Å². The predicted octanol–water partition coefficient (Wildman–Crippen LogP) is 3.11. The first kappa shape index (κ1) is 15.8. The molecule has 0 saturated heterocycles. The zero-order valence-corrected chi connectivity index (χ0v) is 12.5. The number of carbonyl (C=O) groups is 1. The predicted molar refractivity (Wildman–Crippen MR) is 71.7 cm³/mol. The van der Waals surface area contributed by atoms with Crippen molar-refractivity contribution in [1.82, 2.24) is 10.1 Å². The van der Waals surface area contributed by atoms with Crippen LogP contribution in [0.4, 0.5) is 0 Å². The largest absolute Gasteiger partial charge is 0.370 e. The summed E-state index contributed by atoms with van der Waals surface area (Å²) in [6, 6.07) is 0. The second-order valence-corrected chi connectivity index (χ2v) is 5.63. The highest BCUT2D eigenvalue weighted by Crippen LogP contribution is 2.21. The Labute approximate surface area is 114 Å². The normalized spacial score (nSPS) is 13.5. The van der Waals surface area contributed by atoms with Gasteiger partial charge in [-0.2, -0.15) is 4.98 Å². The molecule has 1 aromatic heterocycles. The maximum absolute atomic E-state index is 11.9. The van der Waals surface area contributed by atoms with E-state index in [1.807, 2.05) is 27.7 Å². The molecule has 0 spiro atoms. The molecular weight excluding hydrogens is 244 g/mol. The van der Waals surface area contributed by atoms with Crippen LogP contribution in [-0.2, 0) is 16.0 Å². The lowest BCUT2D eigenvalue weighted by atomic mass is 9.89. The molecule has 0 N–H and O–H groups in total. The molecule has 0 fully saturated rings. The smallest absolute Gasteiger partial charge is 0.234 e. The van der Waals surface area contributed by atoms with E-state index in [2.05, 4.69) is 17.1 Å². The van der Waals surface area contributed by atoms with Crippen LogP contribution in [0.1, 0.15) is 65.3 Å². The fourth-order valence-corrected chi connectivity index (χ4v) is 1.62. The van der Waals surface area contributed by atoms with E-state index in [9.17, 15) is 4.79 Å². The van der Waals surface area contributed by atoms with E-state index < -0.39 is 5.41 Å². The summed E-state index contributed by atoms with van der Waals surface area (Å²) >= 11 is 0. The van der Waals surface area contributed by atoms with Crippen molar-refractivity contribution in [2.75, 3.05) is 6.61 Å². The number of aromatic nitrogens is 2. The van der Waals surface area contributed by atoms with Gasteiger partial charge in [0.25, 0.3) is 0 Å². The lowest BCUT2D eigenvalue weighted by Gasteiger charge is -2.14. The molecule has 0 aliphatic carbocycles. The molecule has 1 aromatic rings. The minimum Gasteiger partial charge on any atom is -0.370 e. The first-order chi connectivity index (χ1) is 8.88. The number of ether oxygens (including phenoxy) is 1. The summed E-state index contributed by atoms with van der Waals surface area (Å²) in [7, 11) is 0. The molecule has 108 valence electrons. The summed E-state index contributed by atoms with van der Waals surface area (Å²) in [6.07, 6.45) is 1.87. The maximum atomic E-state index is 11.9. The van der Waals surface area contributed by atoms with Gasteiger partial charge in [0.2, 0.25) is 11.7 Å². The van der Waals surface area contributed by atoms with Crippen LogP contribution in [-0.4, -0.2) is 22.5 Å². The number of nitrogens with zero attached hydrogens (tertiary/aromatic N) is 2. The fraction of sp³-hybridized carbons (Fsp3) is 0.786. The van der Waals surface area contributed by atoms with Gasteiger partial charge in [0.1, 0.15) is 11.9 Å². The second kappa shape index (κ2) is 6.80. The second-order valence-electron chi connectivity index (χ2n) is 5.63. The molecule has 0 saturated carbocycles. The van der Waals surface area contributed by atoms with Crippen LogP contribution >= 0.6 is 0 Å². The molecule has 1 rings (SSSR count). The number of ketones is 1. The third-order valence-electron chi connectivity index (χ3n) is 2.84. The molecule has 5 nitrogen and oxygen atoms in total. The summed E-state index contributed by atoms with van der Waals surface area (Å²) in [6.45, 7) is 10.3. The van der Waals surface area contributed by atoms with Gasteiger partial charge in [-0.25, -0.2) is 0 Å². The summed E-state index contributed by atoms with van der Waals surface area (Å²) in [5, 5.41) is 3.93. The molecule has 1 atom stereocenters. The van der Waals surface area contributed by atoms with Crippen LogP contribution in [0.5, 0.6) is 0 Å². The van der Waals surface area contributed by atoms with Crippen LogP contribution in [0.15, 0.2) is 4.52 Å². The Hall–Kier alpha value is -1.23. The van der Waals surface area contributed by atoms with Crippen molar-refractivity contribution in [2.45, 2.75) is 60.0 Å². The monoisotopic (exact) mass is 268 g/mol. The van der Waals surface area contributed by atoms with Crippen molar-refractivity contribution in [1.29, 1.82) is 0 Å². The van der Waals surface area contributed by atoms with Gasteiger partial charge < -0.3 is 9.26 Å². The lowest BCUT2D eigenvalue weighted by molar-refractivity contribution is -0.125. The Morgan fingerprint density at radius 2 is 2.05 bits per heavy atom. The van der Waals surface area contributed by atoms with Crippen molar-refractivity contribution in [3.63, 3.8) is 0 Å². The van der Waals surface area contributed by atoms with Crippen molar-refractivity contribution >= 4 is 5.78 Å². The van der Waals surface area contributed by atoms with Crippen molar-refractivity contribution in [3.05, 3.63) is 11.7 Å². The molecule has 0 aliphatic rings. The summed E-state index contributed by atoms with van der Waals surface area (Å²) < 4.78 is 10.7. The summed E-state index contributed by atoms with van der Waals surface area (Å²) in [4.78, 5) is 16.2. The first-order valence-corrected chi connectivity index (χ1v) is 6.85. The minimum atomic E-state index is -0.391. The van der Waals surface area contributed by atoms with Crippen LogP contribution < -0.4 is 0 Å². The van der Waals surface area contributed by atoms with Crippen LogP contribution in [0.2, 0.25) is 0 Å². The number of hydrogen-bond acceptors (Lipinski definition) is 5. The van der Waals surface area contributed by atoms with Gasteiger partial charge in [0, 0.05) is 12.0 Å². The minimum absolute atomic E-state index is 0.0890. The Balaban J connectivity index is 2.72. The first-order valence-electron chi connectivity index (χ1n) is 6.85. The molecule has 0 amide bonds. The Morgan fingerprint density at radius 1 is 1.37 bits per heavy atom. The molecule has 1 heterocycles. The third kappa shape index (κ3) is 4.74. The summed E-state index contributed by atoms with van der Waals surface area (Å²) in [5.74, 6) is 1.00. The van der Waals surface area contributed by atoms with E-state index in [1.54, 1.807) is 0 Å². The Kier molecular flexibility index (Phi) is 5.66. The van der Waals surface area contributed by atoms with Crippen molar-refractivity contribution in [2.24, 2.45) is 5.41 Å². The van der Waals surface area contributed by atoms with Gasteiger partial charge in [-0.3, -0.25) is 4.79 Å². The SMILES string of the molecule is CCCC(OCC)c1noc(CC(=O)C(C)(C)C)n1.